The summed E-state index contributed by atoms with van der Waals surface area (Å²) in [6.07, 6.45) is 0.824. The SMILES string of the molecule is Nc1sc2c(I)cccc2c1C=O. The Morgan fingerprint density at radius 1 is 1.46 bits per heavy atom. The number of aldehydes is 1. The van der Waals surface area contributed by atoms with Crippen LogP contribution in [0.4, 0.5) is 5.00 Å². The van der Waals surface area contributed by atoms with Crippen molar-refractivity contribution in [2.45, 2.75) is 0 Å². The van der Waals surface area contributed by atoms with Crippen LogP contribution >= 0.6 is 33.9 Å². The van der Waals surface area contributed by atoms with Gasteiger partial charge in [-0.3, -0.25) is 4.79 Å². The van der Waals surface area contributed by atoms with Gasteiger partial charge in [0.15, 0.2) is 6.29 Å². The van der Waals surface area contributed by atoms with Crippen molar-refractivity contribution in [3.05, 3.63) is 27.3 Å². The van der Waals surface area contributed by atoms with Crippen LogP contribution in [0.5, 0.6) is 0 Å². The van der Waals surface area contributed by atoms with E-state index in [-0.39, 0.29) is 0 Å². The average Bonchev–Trinajstić information content (AvgIpc) is 2.43. The molecule has 2 aromatic rings. The predicted molar refractivity (Wildman–Crippen MR) is 64.3 cm³/mol. The zero-order chi connectivity index (χ0) is 9.42. The second-order valence-corrected chi connectivity index (χ2v) is 4.83. The number of benzene rings is 1. The Balaban J connectivity index is 2.93. The van der Waals surface area contributed by atoms with Crippen LogP contribution < -0.4 is 5.73 Å². The highest BCUT2D eigenvalue weighted by Gasteiger charge is 2.09. The van der Waals surface area contributed by atoms with Gasteiger partial charge >= 0.3 is 0 Å². The molecule has 0 saturated carbocycles. The lowest BCUT2D eigenvalue weighted by Crippen LogP contribution is -1.85. The number of hydrogen-bond donors (Lipinski definition) is 1. The Hall–Kier alpha value is -0.620. The smallest absolute Gasteiger partial charge is 0.153 e. The van der Waals surface area contributed by atoms with Crippen LogP contribution in [0.25, 0.3) is 10.1 Å². The number of nitrogens with two attached hydrogens (primary N) is 1. The first kappa shape index (κ1) is 8.96. The number of thiophene rings is 1. The largest absolute Gasteiger partial charge is 0.390 e. The Labute approximate surface area is 92.9 Å². The molecular weight excluding hydrogens is 297 g/mol. The monoisotopic (exact) mass is 303 g/mol. The van der Waals surface area contributed by atoms with Crippen LogP contribution in [-0.2, 0) is 0 Å². The highest BCUT2D eigenvalue weighted by molar-refractivity contribution is 14.1. The maximum Gasteiger partial charge on any atom is 0.153 e. The Kier molecular flexibility index (Phi) is 2.25. The number of anilines is 1. The van der Waals surface area contributed by atoms with Gasteiger partial charge in [0, 0.05) is 8.96 Å². The van der Waals surface area contributed by atoms with Crippen molar-refractivity contribution in [3.63, 3.8) is 0 Å². The first-order valence-electron chi connectivity index (χ1n) is 3.65. The van der Waals surface area contributed by atoms with Gasteiger partial charge in [-0.1, -0.05) is 12.1 Å². The molecular formula is C9H6INOS. The molecule has 4 heteroatoms. The molecule has 0 amide bonds. The first-order chi connectivity index (χ1) is 6.24. The van der Waals surface area contributed by atoms with Crippen LogP contribution in [-0.4, -0.2) is 6.29 Å². The van der Waals surface area contributed by atoms with Crippen molar-refractivity contribution in [2.24, 2.45) is 0 Å². The second-order valence-electron chi connectivity index (χ2n) is 2.61. The molecule has 2 N–H and O–H groups in total. The van der Waals surface area contributed by atoms with Gasteiger partial charge in [0.25, 0.3) is 0 Å². The van der Waals surface area contributed by atoms with Crippen LogP contribution in [0.15, 0.2) is 18.2 Å². The van der Waals surface area contributed by atoms with Crippen molar-refractivity contribution in [1.82, 2.24) is 0 Å². The molecule has 0 aliphatic carbocycles. The number of nitrogen functional groups attached to an aromatic ring is 1. The maximum absolute atomic E-state index is 10.7. The minimum atomic E-state index is 0.606. The van der Waals surface area contributed by atoms with E-state index in [1.165, 1.54) is 11.3 Å². The molecule has 0 saturated heterocycles. The molecule has 0 atom stereocenters. The molecule has 0 unspecified atom stereocenters. The van der Waals surface area contributed by atoms with E-state index < -0.39 is 0 Å². The molecule has 0 radical (unpaired) electrons. The lowest BCUT2D eigenvalue weighted by Gasteiger charge is -1.91. The molecule has 1 aromatic heterocycles. The molecule has 13 heavy (non-hydrogen) atoms. The van der Waals surface area contributed by atoms with Gasteiger partial charge in [-0.15, -0.1) is 11.3 Å². The van der Waals surface area contributed by atoms with Crippen molar-refractivity contribution in [3.8, 4) is 0 Å². The van der Waals surface area contributed by atoms with Crippen LogP contribution in [0.2, 0.25) is 0 Å². The van der Waals surface area contributed by atoms with E-state index in [9.17, 15) is 4.79 Å². The summed E-state index contributed by atoms with van der Waals surface area (Å²) in [5.41, 5.74) is 6.34. The minimum absolute atomic E-state index is 0.606. The number of fused-ring (bicyclic) bond motifs is 1. The Morgan fingerprint density at radius 3 is 2.92 bits per heavy atom. The van der Waals surface area contributed by atoms with Gasteiger partial charge in [-0.2, -0.15) is 0 Å². The van der Waals surface area contributed by atoms with E-state index >= 15 is 0 Å². The maximum atomic E-state index is 10.7. The summed E-state index contributed by atoms with van der Waals surface area (Å²) in [7, 11) is 0. The molecule has 1 aromatic carbocycles. The highest BCUT2D eigenvalue weighted by Crippen LogP contribution is 2.34. The summed E-state index contributed by atoms with van der Waals surface area (Å²) in [5.74, 6) is 0. The molecule has 0 aliphatic heterocycles. The normalized spacial score (nSPS) is 10.5. The van der Waals surface area contributed by atoms with Gasteiger partial charge in [-0.05, 0) is 28.7 Å². The molecule has 2 rings (SSSR count). The summed E-state index contributed by atoms with van der Waals surface area (Å²) >= 11 is 3.71. The van der Waals surface area contributed by atoms with Crippen molar-refractivity contribution >= 4 is 55.3 Å². The van der Waals surface area contributed by atoms with Crippen LogP contribution in [0.3, 0.4) is 0 Å². The number of rotatable bonds is 1. The summed E-state index contributed by atoms with van der Waals surface area (Å²) in [6.45, 7) is 0. The third-order valence-corrected chi connectivity index (χ3v) is 4.20. The summed E-state index contributed by atoms with van der Waals surface area (Å²) < 4.78 is 2.24. The van der Waals surface area contributed by atoms with Gasteiger partial charge in [0.2, 0.25) is 0 Å². The fraction of sp³-hybridized carbons (Fsp3) is 0. The molecule has 0 aliphatic rings. The fourth-order valence-electron chi connectivity index (χ4n) is 1.24. The third kappa shape index (κ3) is 1.34. The Bertz CT molecular complexity index is 478. The zero-order valence-corrected chi connectivity index (χ0v) is 9.56. The molecule has 0 spiro atoms. The predicted octanol–water partition coefficient (Wildman–Crippen LogP) is 2.90. The molecule has 0 bridgehead atoms. The Morgan fingerprint density at radius 2 is 2.23 bits per heavy atom. The lowest BCUT2D eigenvalue weighted by molar-refractivity contribution is 0.112. The fourth-order valence-corrected chi connectivity index (χ4v) is 3.01. The van der Waals surface area contributed by atoms with Crippen molar-refractivity contribution in [1.29, 1.82) is 0 Å². The summed E-state index contributed by atoms with van der Waals surface area (Å²) in [4.78, 5) is 10.7. The molecule has 2 nitrogen and oxygen atoms in total. The van der Waals surface area contributed by atoms with Gasteiger partial charge in [0.1, 0.15) is 0 Å². The van der Waals surface area contributed by atoms with E-state index in [1.54, 1.807) is 0 Å². The van der Waals surface area contributed by atoms with Crippen molar-refractivity contribution < 1.29 is 4.79 Å². The standard InChI is InChI=1S/C9H6INOS/c10-7-3-1-2-5-6(4-12)9(11)13-8(5)7/h1-4H,11H2. The van der Waals surface area contributed by atoms with E-state index in [4.69, 9.17) is 5.73 Å². The third-order valence-electron chi connectivity index (χ3n) is 1.85. The van der Waals surface area contributed by atoms with Crippen LogP contribution in [0.1, 0.15) is 10.4 Å². The minimum Gasteiger partial charge on any atom is -0.390 e. The zero-order valence-electron chi connectivity index (χ0n) is 6.58. The second kappa shape index (κ2) is 3.26. The lowest BCUT2D eigenvalue weighted by atomic mass is 10.2. The van der Waals surface area contributed by atoms with Gasteiger partial charge < -0.3 is 5.73 Å². The summed E-state index contributed by atoms with van der Waals surface area (Å²) in [6, 6.07) is 5.87. The van der Waals surface area contributed by atoms with Gasteiger partial charge in [0.05, 0.1) is 15.3 Å². The van der Waals surface area contributed by atoms with Crippen molar-refractivity contribution in [2.75, 3.05) is 5.73 Å². The number of carbonyl (C=O) groups is 1. The average molecular weight is 303 g/mol. The van der Waals surface area contributed by atoms with E-state index in [0.29, 0.717) is 10.6 Å². The number of halogens is 1. The van der Waals surface area contributed by atoms with Gasteiger partial charge in [-0.25, -0.2) is 0 Å². The topological polar surface area (TPSA) is 43.1 Å². The quantitative estimate of drug-likeness (QED) is 0.650. The molecule has 0 fully saturated rings. The summed E-state index contributed by atoms with van der Waals surface area (Å²) in [5, 5.41) is 1.57. The van der Waals surface area contributed by atoms with E-state index in [2.05, 4.69) is 22.6 Å². The number of carbonyl (C=O) groups excluding carboxylic acids is 1. The van der Waals surface area contributed by atoms with E-state index in [1.807, 2.05) is 18.2 Å². The molecule has 66 valence electrons. The van der Waals surface area contributed by atoms with E-state index in [0.717, 1.165) is 19.9 Å². The molecule has 1 heterocycles. The highest BCUT2D eigenvalue weighted by atomic mass is 127. The van der Waals surface area contributed by atoms with Crippen LogP contribution in [0, 0.1) is 3.57 Å². The first-order valence-corrected chi connectivity index (χ1v) is 5.55. The number of hydrogen-bond acceptors (Lipinski definition) is 3.